The maximum absolute atomic E-state index is 13.2. The van der Waals surface area contributed by atoms with Gasteiger partial charge in [0, 0.05) is 75.0 Å². The van der Waals surface area contributed by atoms with Gasteiger partial charge in [-0.1, -0.05) is 13.8 Å². The van der Waals surface area contributed by atoms with Crippen molar-refractivity contribution in [3.63, 3.8) is 0 Å². The molecule has 7 heterocycles. The third-order valence-electron chi connectivity index (χ3n) is 11.0. The van der Waals surface area contributed by atoms with E-state index in [1.165, 1.54) is 79.8 Å². The third kappa shape index (κ3) is 9.82. The van der Waals surface area contributed by atoms with E-state index in [0.29, 0.717) is 11.3 Å². The maximum Gasteiger partial charge on any atom is 0.387 e. The molecule has 2 aromatic carbocycles. The maximum atomic E-state index is 13.2. The fourth-order valence-corrected chi connectivity index (χ4v) is 10.4. The molecular weight excluding hydrogens is 967 g/mol. The average Bonchev–Trinajstić information content (AvgIpc) is 4.10. The number of fused-ring (bicyclic) bond motifs is 3. The first-order valence-corrected chi connectivity index (χ1v) is 24.1. The first-order valence-electron chi connectivity index (χ1n) is 20.9. The van der Waals surface area contributed by atoms with E-state index in [0.717, 1.165) is 6.07 Å². The molecule has 0 spiro atoms. The highest BCUT2D eigenvalue weighted by atomic mass is 32.2. The number of sulfone groups is 2. The standard InChI is InChI=1S/C23H24F2N6O4S.C20H17F2N7O4S/c1-13(2)14(3)36(33,34)15-6-7-19(35-23(24)25)16(10-15)20-18(12-30(4)29-20)28-22(32)17-11-27-31-9-5-8-26-21(17)31;1-28-10-14(26-19(30)12-9-25-29-5-2-3-24-18(12)29)17(27-28)11-7-16-13(8-15(11)33-20(21)22)23-4-6-34(16,31)32/h5-14,23H,1-4H3,(H,28,32);2-3,5,7-10,20,23H,4,6H2,1H3,(H,26,30). The van der Waals surface area contributed by atoms with E-state index in [-0.39, 0.29) is 90.2 Å². The van der Waals surface area contributed by atoms with Gasteiger partial charge in [-0.2, -0.15) is 38.0 Å². The number of hydrogen-bond acceptors (Lipinski definition) is 15. The number of hydrogen-bond donors (Lipinski definition) is 3. The van der Waals surface area contributed by atoms with Gasteiger partial charge in [0.15, 0.2) is 31.0 Å². The van der Waals surface area contributed by atoms with E-state index in [2.05, 4.69) is 55.8 Å². The van der Waals surface area contributed by atoms with Crippen LogP contribution < -0.4 is 25.4 Å². The van der Waals surface area contributed by atoms with Crippen LogP contribution in [-0.4, -0.2) is 108 Å². The molecule has 366 valence electrons. The van der Waals surface area contributed by atoms with Crippen molar-refractivity contribution in [3.05, 3.63) is 103 Å². The molecule has 9 rings (SSSR count). The molecule has 0 bridgehead atoms. The van der Waals surface area contributed by atoms with Crippen LogP contribution in [0.25, 0.3) is 33.8 Å². The molecule has 3 N–H and O–H groups in total. The Labute approximate surface area is 395 Å². The number of alkyl halides is 4. The number of amides is 2. The molecule has 0 radical (unpaired) electrons. The van der Waals surface area contributed by atoms with E-state index in [4.69, 9.17) is 0 Å². The van der Waals surface area contributed by atoms with Crippen LogP contribution in [0.4, 0.5) is 34.6 Å². The highest BCUT2D eigenvalue weighted by Crippen LogP contribution is 2.42. The third-order valence-corrected chi connectivity index (χ3v) is 15.1. The molecule has 1 aliphatic rings. The molecule has 8 aromatic rings. The minimum atomic E-state index is -3.79. The predicted octanol–water partition coefficient (Wildman–Crippen LogP) is 5.98. The summed E-state index contributed by atoms with van der Waals surface area (Å²) in [4.78, 5) is 34.2. The van der Waals surface area contributed by atoms with Crippen LogP contribution in [0.1, 0.15) is 41.5 Å². The van der Waals surface area contributed by atoms with Crippen molar-refractivity contribution >= 4 is 59.8 Å². The van der Waals surface area contributed by atoms with Gasteiger partial charge in [-0.15, -0.1) is 0 Å². The minimum Gasteiger partial charge on any atom is -0.434 e. The molecule has 2 amide bonds. The number of halogens is 4. The van der Waals surface area contributed by atoms with Gasteiger partial charge >= 0.3 is 13.2 Å². The number of carbonyl (C=O) groups is 2. The van der Waals surface area contributed by atoms with Crippen molar-refractivity contribution in [2.24, 2.45) is 20.0 Å². The van der Waals surface area contributed by atoms with Crippen LogP contribution in [0.3, 0.4) is 0 Å². The molecule has 0 fully saturated rings. The van der Waals surface area contributed by atoms with Crippen molar-refractivity contribution < 1.29 is 53.5 Å². The smallest absolute Gasteiger partial charge is 0.387 e. The van der Waals surface area contributed by atoms with Crippen molar-refractivity contribution in [2.45, 2.75) is 49.0 Å². The second-order valence-corrected chi connectivity index (χ2v) is 20.3. The molecule has 1 aliphatic heterocycles. The Morgan fingerprint density at radius 1 is 0.757 bits per heavy atom. The summed E-state index contributed by atoms with van der Waals surface area (Å²) in [7, 11) is -4.30. The summed E-state index contributed by atoms with van der Waals surface area (Å²) in [5.41, 5.74) is 1.54. The molecule has 0 saturated heterocycles. The fraction of sp³-hybridized carbons (Fsp3) is 0.256. The normalized spacial score (nSPS) is 13.7. The Balaban J connectivity index is 0.000000188. The van der Waals surface area contributed by atoms with E-state index in [1.807, 2.05) is 0 Å². The molecule has 27 heteroatoms. The topological polar surface area (TPSA) is 253 Å². The second kappa shape index (κ2) is 19.2. The number of rotatable bonds is 13. The van der Waals surface area contributed by atoms with Crippen molar-refractivity contribution in [1.82, 2.24) is 48.8 Å². The molecular formula is C43H41F4N13O8S2. The zero-order valence-corrected chi connectivity index (χ0v) is 39.1. The molecule has 1 unspecified atom stereocenters. The second-order valence-electron chi connectivity index (χ2n) is 15.9. The van der Waals surface area contributed by atoms with Crippen LogP contribution in [-0.2, 0) is 33.8 Å². The molecule has 6 aromatic heterocycles. The largest absolute Gasteiger partial charge is 0.434 e. The summed E-state index contributed by atoms with van der Waals surface area (Å²) in [5, 5.41) is 24.3. The quantitative estimate of drug-likeness (QED) is 0.112. The first kappa shape index (κ1) is 48.5. The number of anilines is 3. The lowest BCUT2D eigenvalue weighted by Gasteiger charge is -2.21. The number of carbonyl (C=O) groups excluding carboxylic acids is 2. The number of ether oxygens (including phenoxy) is 2. The molecule has 0 saturated carbocycles. The van der Waals surface area contributed by atoms with E-state index in [9.17, 15) is 44.0 Å². The van der Waals surface area contributed by atoms with E-state index < -0.39 is 50.0 Å². The Morgan fingerprint density at radius 2 is 1.27 bits per heavy atom. The van der Waals surface area contributed by atoms with Crippen LogP contribution in [0.5, 0.6) is 11.5 Å². The molecule has 70 heavy (non-hydrogen) atoms. The van der Waals surface area contributed by atoms with Gasteiger partial charge in [0.05, 0.1) is 50.2 Å². The monoisotopic (exact) mass is 1010 g/mol. The summed E-state index contributed by atoms with van der Waals surface area (Å²) in [6, 6.07) is 9.36. The number of aryl methyl sites for hydroxylation is 2. The van der Waals surface area contributed by atoms with Crippen molar-refractivity contribution in [1.29, 1.82) is 0 Å². The van der Waals surface area contributed by atoms with Crippen LogP contribution >= 0.6 is 0 Å². The van der Waals surface area contributed by atoms with Crippen LogP contribution in [0.15, 0.2) is 102 Å². The Hall–Kier alpha value is -7.94. The highest BCUT2D eigenvalue weighted by molar-refractivity contribution is 7.92. The number of benzene rings is 2. The Morgan fingerprint density at radius 3 is 1.79 bits per heavy atom. The van der Waals surface area contributed by atoms with Crippen LogP contribution in [0, 0.1) is 5.92 Å². The van der Waals surface area contributed by atoms with Gasteiger partial charge in [0.25, 0.3) is 11.8 Å². The number of nitrogens with one attached hydrogen (secondary N) is 3. The molecule has 0 aliphatic carbocycles. The number of nitrogens with zero attached hydrogens (tertiary/aromatic N) is 10. The summed E-state index contributed by atoms with van der Waals surface area (Å²) < 4.78 is 119. The summed E-state index contributed by atoms with van der Waals surface area (Å²) in [6.45, 7) is -1.05. The SMILES string of the molecule is CC(C)C(C)S(=O)(=O)c1ccc(OC(F)F)c(-c2nn(C)cc2NC(=O)c2cnn3cccnc23)c1.Cn1cc(NC(=O)c2cnn3cccnc23)c(-c2cc3c(cc2OC(F)F)NCCS3(=O)=O)n1. The Bertz CT molecular complexity index is 3520. The van der Waals surface area contributed by atoms with Gasteiger partial charge in [0.1, 0.15) is 34.0 Å². The Kier molecular flexibility index (Phi) is 13.3. The van der Waals surface area contributed by atoms with Gasteiger partial charge in [-0.05, 0) is 49.2 Å². The van der Waals surface area contributed by atoms with Gasteiger partial charge in [-0.3, -0.25) is 19.0 Å². The predicted molar refractivity (Wildman–Crippen MR) is 244 cm³/mol. The van der Waals surface area contributed by atoms with Crippen LogP contribution in [0.2, 0.25) is 0 Å². The molecule has 1 atom stereocenters. The van der Waals surface area contributed by atoms with Crippen molar-refractivity contribution in [2.75, 3.05) is 28.2 Å². The summed E-state index contributed by atoms with van der Waals surface area (Å²) in [5.74, 6) is -2.03. The zero-order chi connectivity index (χ0) is 50.2. The lowest BCUT2D eigenvalue weighted by atomic mass is 10.1. The summed E-state index contributed by atoms with van der Waals surface area (Å²) in [6.07, 6.45) is 11.9. The first-order chi connectivity index (χ1) is 33.2. The highest BCUT2D eigenvalue weighted by Gasteiger charge is 2.31. The molecule has 21 nitrogen and oxygen atoms in total. The van der Waals surface area contributed by atoms with E-state index >= 15 is 0 Å². The fourth-order valence-electron chi connectivity index (χ4n) is 7.32. The van der Waals surface area contributed by atoms with Gasteiger partial charge < -0.3 is 25.4 Å². The average molecular weight is 1010 g/mol. The summed E-state index contributed by atoms with van der Waals surface area (Å²) >= 11 is 0. The van der Waals surface area contributed by atoms with Crippen molar-refractivity contribution in [3.8, 4) is 34.0 Å². The van der Waals surface area contributed by atoms with Gasteiger partial charge in [0.2, 0.25) is 0 Å². The minimum absolute atomic E-state index is 0.0128. The lowest BCUT2D eigenvalue weighted by molar-refractivity contribution is -0.0501. The van der Waals surface area contributed by atoms with Gasteiger partial charge in [-0.25, -0.2) is 35.8 Å². The lowest BCUT2D eigenvalue weighted by Crippen LogP contribution is -2.23. The zero-order valence-electron chi connectivity index (χ0n) is 37.5. The number of aromatic nitrogens is 10. The van der Waals surface area contributed by atoms with E-state index in [1.54, 1.807) is 59.4 Å².